The molecule has 242 valence electrons. The molecule has 0 radical (unpaired) electrons. The first-order valence-electron chi connectivity index (χ1n) is 15.4. The predicted octanol–water partition coefficient (Wildman–Crippen LogP) is 2.11. The highest BCUT2D eigenvalue weighted by atomic mass is 32.2. The van der Waals surface area contributed by atoms with E-state index in [1.807, 2.05) is 0 Å². The zero-order valence-corrected chi connectivity index (χ0v) is 26.4. The number of sulfonamides is 2. The van der Waals surface area contributed by atoms with Crippen LogP contribution in [0.5, 0.6) is 11.5 Å². The summed E-state index contributed by atoms with van der Waals surface area (Å²) in [4.78, 5) is 2.77. The van der Waals surface area contributed by atoms with Gasteiger partial charge in [0.05, 0.1) is 23.0 Å². The Bertz CT molecular complexity index is 1510. The number of likely N-dealkylation sites (tertiary alicyclic amines) is 1. The standard InChI is InChI=1S/C17H24N2O4S.C13H18N2O4S/c20-15-4-6-16(7-5-15)24(21,22)19-10-11-23-17(19)8-1-9-18(13-17)12-14-2-3-14;16-11-2-4-12(5-3-11)20(17,18)15-8-9-19-13(15)6-1-7-14-10-13/h4-7,14,20H,1-3,8-13H2;2-5,14,16H,1,6-10H2. The first kappa shape index (κ1) is 31.7. The SMILES string of the molecule is O=S(=O)(c1ccc(O)cc1)N1CCOC12CCCN(CC1CC1)C2.O=S(=O)(c1ccc(O)cc1)N1CCOC12CCCNC2. The van der Waals surface area contributed by atoms with Crippen molar-refractivity contribution >= 4 is 20.0 Å². The summed E-state index contributed by atoms with van der Waals surface area (Å²) in [7, 11) is -7.24. The van der Waals surface area contributed by atoms with Gasteiger partial charge < -0.3 is 25.0 Å². The van der Waals surface area contributed by atoms with E-state index in [2.05, 4.69) is 10.2 Å². The van der Waals surface area contributed by atoms with Gasteiger partial charge in [0.25, 0.3) is 0 Å². The third-order valence-corrected chi connectivity index (χ3v) is 13.1. The highest BCUT2D eigenvalue weighted by Gasteiger charge is 2.52. The van der Waals surface area contributed by atoms with Crippen molar-refractivity contribution in [2.24, 2.45) is 5.92 Å². The van der Waals surface area contributed by atoms with Crippen molar-refractivity contribution < 1.29 is 36.5 Å². The largest absolute Gasteiger partial charge is 0.508 e. The molecule has 14 heteroatoms. The first-order chi connectivity index (χ1) is 21.0. The van der Waals surface area contributed by atoms with Crippen LogP contribution in [0.15, 0.2) is 58.3 Å². The molecule has 5 aliphatic rings. The molecule has 5 fully saturated rings. The number of ether oxygens (including phenoxy) is 2. The average Bonchev–Trinajstić information content (AvgIpc) is 3.58. The predicted molar refractivity (Wildman–Crippen MR) is 162 cm³/mol. The molecule has 12 nitrogen and oxygen atoms in total. The smallest absolute Gasteiger partial charge is 0.245 e. The van der Waals surface area contributed by atoms with Crippen LogP contribution in [-0.2, 0) is 29.5 Å². The van der Waals surface area contributed by atoms with Crippen LogP contribution in [0.1, 0.15) is 38.5 Å². The van der Waals surface area contributed by atoms with E-state index in [9.17, 15) is 27.0 Å². The van der Waals surface area contributed by atoms with Crippen molar-refractivity contribution in [2.45, 2.75) is 59.8 Å². The van der Waals surface area contributed by atoms with E-state index in [1.165, 1.54) is 65.7 Å². The van der Waals surface area contributed by atoms with Crippen LogP contribution in [-0.4, -0.2) is 111 Å². The molecule has 2 aromatic carbocycles. The number of nitrogens with zero attached hydrogens (tertiary/aromatic N) is 3. The molecule has 1 saturated carbocycles. The molecule has 1 aliphatic carbocycles. The number of hydrogen-bond acceptors (Lipinski definition) is 10. The van der Waals surface area contributed by atoms with Crippen molar-refractivity contribution in [3.05, 3.63) is 48.5 Å². The molecule has 4 saturated heterocycles. The Hall–Kier alpha value is -2.30. The van der Waals surface area contributed by atoms with Crippen LogP contribution < -0.4 is 5.32 Å². The summed E-state index contributed by atoms with van der Waals surface area (Å²) in [6.07, 6.45) is 5.87. The van der Waals surface area contributed by atoms with E-state index in [0.29, 0.717) is 45.8 Å². The summed E-state index contributed by atoms with van der Waals surface area (Å²) in [5.41, 5.74) is -1.49. The molecular formula is C30H42N4O8S2. The van der Waals surface area contributed by atoms with E-state index in [1.54, 1.807) is 4.31 Å². The lowest BCUT2D eigenvalue weighted by molar-refractivity contribution is -0.0979. The Kier molecular flexibility index (Phi) is 8.98. The quantitative estimate of drug-likeness (QED) is 0.425. The highest BCUT2D eigenvalue weighted by Crippen LogP contribution is 2.39. The molecule has 3 N–H and O–H groups in total. The number of benzene rings is 2. The number of phenolic OH excluding ortho intramolecular Hbond substituents is 2. The minimum Gasteiger partial charge on any atom is -0.508 e. The van der Waals surface area contributed by atoms with Gasteiger partial charge in [0.15, 0.2) is 0 Å². The fraction of sp³-hybridized carbons (Fsp3) is 0.600. The number of hydrogen-bond donors (Lipinski definition) is 3. The van der Waals surface area contributed by atoms with Gasteiger partial charge >= 0.3 is 0 Å². The first-order valence-corrected chi connectivity index (χ1v) is 18.3. The lowest BCUT2D eigenvalue weighted by Crippen LogP contribution is -2.58. The molecule has 4 aliphatic heterocycles. The van der Waals surface area contributed by atoms with Crippen molar-refractivity contribution in [3.8, 4) is 11.5 Å². The number of rotatable bonds is 6. The lowest BCUT2D eigenvalue weighted by atomic mass is 10.0. The van der Waals surface area contributed by atoms with E-state index in [0.717, 1.165) is 44.8 Å². The third-order valence-electron chi connectivity index (χ3n) is 9.14. The zero-order chi connectivity index (χ0) is 31.0. The van der Waals surface area contributed by atoms with E-state index < -0.39 is 31.5 Å². The summed E-state index contributed by atoms with van der Waals surface area (Å²) in [5.74, 6) is 0.897. The van der Waals surface area contributed by atoms with E-state index in [-0.39, 0.29) is 21.3 Å². The highest BCUT2D eigenvalue weighted by molar-refractivity contribution is 7.89. The second kappa shape index (κ2) is 12.5. The number of nitrogens with one attached hydrogen (secondary N) is 1. The Labute approximate surface area is 259 Å². The van der Waals surface area contributed by atoms with Crippen molar-refractivity contribution in [3.63, 3.8) is 0 Å². The van der Waals surface area contributed by atoms with Gasteiger partial charge in [-0.05, 0) is 106 Å². The minimum absolute atomic E-state index is 0.0515. The number of piperidine rings is 2. The third kappa shape index (κ3) is 6.36. The number of phenols is 2. The Morgan fingerprint density at radius 3 is 1.80 bits per heavy atom. The topological polar surface area (TPSA) is 149 Å². The van der Waals surface area contributed by atoms with Gasteiger partial charge in [0.1, 0.15) is 22.9 Å². The summed E-state index contributed by atoms with van der Waals surface area (Å²) in [5, 5.41) is 21.9. The Morgan fingerprint density at radius 1 is 0.750 bits per heavy atom. The van der Waals surface area contributed by atoms with Crippen LogP contribution in [0.4, 0.5) is 0 Å². The molecule has 2 spiro atoms. The monoisotopic (exact) mass is 650 g/mol. The van der Waals surface area contributed by atoms with E-state index >= 15 is 0 Å². The molecule has 7 rings (SSSR count). The van der Waals surface area contributed by atoms with Gasteiger partial charge in [-0.25, -0.2) is 16.8 Å². The maximum atomic E-state index is 13.1. The summed E-state index contributed by atoms with van der Waals surface area (Å²) >= 11 is 0. The van der Waals surface area contributed by atoms with Crippen LogP contribution in [0.3, 0.4) is 0 Å². The van der Waals surface area contributed by atoms with Gasteiger partial charge in [-0.2, -0.15) is 8.61 Å². The summed E-state index contributed by atoms with van der Waals surface area (Å²) < 4.78 is 66.5. The summed E-state index contributed by atoms with van der Waals surface area (Å²) in [6, 6.07) is 11.4. The minimum atomic E-state index is -3.63. The van der Waals surface area contributed by atoms with Crippen LogP contribution in [0.25, 0.3) is 0 Å². The number of aromatic hydroxyl groups is 2. The Morgan fingerprint density at radius 2 is 1.27 bits per heavy atom. The van der Waals surface area contributed by atoms with Gasteiger partial charge in [0.2, 0.25) is 20.0 Å². The Balaban J connectivity index is 0.000000159. The van der Waals surface area contributed by atoms with Gasteiger partial charge in [0, 0.05) is 32.7 Å². The van der Waals surface area contributed by atoms with Crippen molar-refractivity contribution in [2.75, 3.05) is 59.0 Å². The van der Waals surface area contributed by atoms with Gasteiger partial charge in [-0.3, -0.25) is 4.90 Å². The molecule has 2 atom stereocenters. The fourth-order valence-corrected chi connectivity index (χ4v) is 10.2. The molecule has 4 heterocycles. The average molecular weight is 651 g/mol. The molecule has 2 unspecified atom stereocenters. The van der Waals surface area contributed by atoms with Crippen LogP contribution >= 0.6 is 0 Å². The second-order valence-electron chi connectivity index (χ2n) is 12.3. The molecule has 0 bridgehead atoms. The molecule has 0 aromatic heterocycles. The normalized spacial score (nSPS) is 28.7. The van der Waals surface area contributed by atoms with Crippen LogP contribution in [0.2, 0.25) is 0 Å². The lowest BCUT2D eigenvalue weighted by Gasteiger charge is -2.43. The fourth-order valence-electron chi connectivity index (χ4n) is 6.78. The zero-order valence-electron chi connectivity index (χ0n) is 24.8. The second-order valence-corrected chi connectivity index (χ2v) is 16.0. The maximum Gasteiger partial charge on any atom is 0.245 e. The molecular weight excluding hydrogens is 608 g/mol. The molecule has 44 heavy (non-hydrogen) atoms. The van der Waals surface area contributed by atoms with Crippen molar-refractivity contribution in [1.82, 2.24) is 18.8 Å². The maximum absolute atomic E-state index is 13.1. The van der Waals surface area contributed by atoms with Crippen molar-refractivity contribution in [1.29, 1.82) is 0 Å². The van der Waals surface area contributed by atoms with Crippen LogP contribution in [0, 0.1) is 5.92 Å². The summed E-state index contributed by atoms with van der Waals surface area (Å²) in [6.45, 7) is 5.75. The molecule has 0 amide bonds. The molecule has 2 aromatic rings. The van der Waals surface area contributed by atoms with E-state index in [4.69, 9.17) is 9.47 Å². The van der Waals surface area contributed by atoms with Gasteiger partial charge in [-0.15, -0.1) is 0 Å². The van der Waals surface area contributed by atoms with Gasteiger partial charge in [-0.1, -0.05) is 0 Å².